The fraction of sp³-hybridized carbons (Fsp3) is 0.235. The number of hydrogen-bond acceptors (Lipinski definition) is 2. The Labute approximate surface area is 139 Å². The van der Waals surface area contributed by atoms with E-state index in [4.69, 9.17) is 28.9 Å². The maximum atomic E-state index is 12.0. The highest BCUT2D eigenvalue weighted by Crippen LogP contribution is 2.32. The predicted molar refractivity (Wildman–Crippen MR) is 87.8 cm³/mol. The van der Waals surface area contributed by atoms with Gasteiger partial charge >= 0.3 is 0 Å². The van der Waals surface area contributed by atoms with Gasteiger partial charge < -0.3 is 5.73 Å². The molecule has 0 saturated carbocycles. The monoisotopic (exact) mass is 333 g/mol. The lowest BCUT2D eigenvalue weighted by atomic mass is 9.92. The number of halogens is 2. The molecular weight excluding hydrogens is 319 g/mol. The molecule has 1 amide bonds. The Morgan fingerprint density at radius 1 is 1.36 bits per heavy atom. The van der Waals surface area contributed by atoms with Crippen LogP contribution in [0.2, 0.25) is 10.0 Å². The number of fused-ring (bicyclic) bond motifs is 1. The Kier molecular flexibility index (Phi) is 4.39. The van der Waals surface area contributed by atoms with E-state index < -0.39 is 6.04 Å². The van der Waals surface area contributed by atoms with Crippen LogP contribution < -0.4 is 5.73 Å². The van der Waals surface area contributed by atoms with Gasteiger partial charge in [0.15, 0.2) is 0 Å². The van der Waals surface area contributed by atoms with Gasteiger partial charge in [0, 0.05) is 23.1 Å². The SMILES string of the molecule is NC(=O)C1c2cc[c]cc2CCN1Cc1ccc(Cl)cc1Cl. The van der Waals surface area contributed by atoms with E-state index >= 15 is 0 Å². The van der Waals surface area contributed by atoms with Gasteiger partial charge in [-0.05, 0) is 41.3 Å². The van der Waals surface area contributed by atoms with Crippen molar-refractivity contribution >= 4 is 29.1 Å². The van der Waals surface area contributed by atoms with Crippen molar-refractivity contribution in [2.24, 2.45) is 5.73 Å². The van der Waals surface area contributed by atoms with Crippen LogP contribution in [-0.2, 0) is 17.8 Å². The normalized spacial score (nSPS) is 18.0. The zero-order chi connectivity index (χ0) is 15.7. The van der Waals surface area contributed by atoms with Gasteiger partial charge in [-0.25, -0.2) is 0 Å². The highest BCUT2D eigenvalue weighted by Gasteiger charge is 2.31. The van der Waals surface area contributed by atoms with E-state index in [0.717, 1.165) is 29.7 Å². The number of nitrogens with two attached hydrogens (primary N) is 1. The van der Waals surface area contributed by atoms with Crippen LogP contribution in [0.1, 0.15) is 22.7 Å². The van der Waals surface area contributed by atoms with Crippen LogP contribution in [0, 0.1) is 6.07 Å². The third-order valence-corrected chi connectivity index (χ3v) is 4.56. The second-order valence-electron chi connectivity index (χ2n) is 5.39. The van der Waals surface area contributed by atoms with Crippen molar-refractivity contribution in [2.45, 2.75) is 19.0 Å². The zero-order valence-corrected chi connectivity index (χ0v) is 13.4. The molecule has 1 radical (unpaired) electrons. The molecule has 5 heteroatoms. The molecule has 0 aliphatic carbocycles. The van der Waals surface area contributed by atoms with Crippen molar-refractivity contribution in [1.29, 1.82) is 0 Å². The second kappa shape index (κ2) is 6.29. The van der Waals surface area contributed by atoms with Crippen molar-refractivity contribution in [1.82, 2.24) is 4.90 Å². The second-order valence-corrected chi connectivity index (χ2v) is 6.23. The Morgan fingerprint density at radius 3 is 2.91 bits per heavy atom. The molecule has 0 bridgehead atoms. The number of hydrogen-bond donors (Lipinski definition) is 1. The summed E-state index contributed by atoms with van der Waals surface area (Å²) in [5.41, 5.74) is 8.67. The standard InChI is InChI=1S/C17H15Cl2N2O/c18-13-6-5-12(15(19)9-13)10-21-8-7-11-3-1-2-4-14(11)16(21)17(20)22/h2-6,9,16H,7-8,10H2,(H2,20,22). The van der Waals surface area contributed by atoms with E-state index in [-0.39, 0.29) is 5.91 Å². The molecule has 113 valence electrons. The summed E-state index contributed by atoms with van der Waals surface area (Å²) in [7, 11) is 0. The Morgan fingerprint density at radius 2 is 2.18 bits per heavy atom. The fourth-order valence-corrected chi connectivity index (χ4v) is 3.39. The number of primary amides is 1. The van der Waals surface area contributed by atoms with Gasteiger partial charge in [0.25, 0.3) is 0 Å². The number of amides is 1. The molecule has 2 N–H and O–H groups in total. The summed E-state index contributed by atoms with van der Waals surface area (Å²) in [6.45, 7) is 1.30. The molecule has 2 aromatic rings. The highest BCUT2D eigenvalue weighted by molar-refractivity contribution is 6.35. The summed E-state index contributed by atoms with van der Waals surface area (Å²) in [4.78, 5) is 14.0. The first-order valence-corrected chi connectivity index (χ1v) is 7.78. The average molecular weight is 334 g/mol. The quantitative estimate of drug-likeness (QED) is 0.935. The van der Waals surface area contributed by atoms with Crippen LogP contribution in [0.4, 0.5) is 0 Å². The van der Waals surface area contributed by atoms with Gasteiger partial charge in [0.05, 0.1) is 0 Å². The molecule has 0 saturated heterocycles. The van der Waals surface area contributed by atoms with E-state index in [2.05, 4.69) is 11.0 Å². The van der Waals surface area contributed by atoms with Gasteiger partial charge in [-0.2, -0.15) is 0 Å². The first-order valence-electron chi connectivity index (χ1n) is 7.02. The molecule has 22 heavy (non-hydrogen) atoms. The summed E-state index contributed by atoms with van der Waals surface area (Å²) in [5.74, 6) is -0.350. The summed E-state index contributed by atoms with van der Waals surface area (Å²) in [5, 5.41) is 1.20. The first kappa shape index (κ1) is 15.3. The Bertz CT molecular complexity index is 718. The van der Waals surface area contributed by atoms with E-state index in [1.54, 1.807) is 12.1 Å². The van der Waals surface area contributed by atoms with Crippen LogP contribution in [0.5, 0.6) is 0 Å². The number of benzene rings is 2. The van der Waals surface area contributed by atoms with Crippen LogP contribution in [-0.4, -0.2) is 17.4 Å². The number of nitrogens with zero attached hydrogens (tertiary/aromatic N) is 1. The van der Waals surface area contributed by atoms with Gasteiger partial charge in [0.2, 0.25) is 5.91 Å². The smallest absolute Gasteiger partial charge is 0.239 e. The topological polar surface area (TPSA) is 46.3 Å². The lowest BCUT2D eigenvalue weighted by Gasteiger charge is -2.35. The summed E-state index contributed by atoms with van der Waals surface area (Å²) >= 11 is 12.2. The molecule has 1 aliphatic heterocycles. The average Bonchev–Trinajstić information content (AvgIpc) is 2.49. The maximum Gasteiger partial charge on any atom is 0.239 e. The van der Waals surface area contributed by atoms with Gasteiger partial charge in [-0.15, -0.1) is 0 Å². The van der Waals surface area contributed by atoms with Crippen LogP contribution in [0.25, 0.3) is 0 Å². The predicted octanol–water partition coefficient (Wildman–Crippen LogP) is 3.38. The van der Waals surface area contributed by atoms with Crippen LogP contribution in [0.3, 0.4) is 0 Å². The molecule has 1 atom stereocenters. The van der Waals surface area contributed by atoms with Crippen molar-refractivity contribution in [2.75, 3.05) is 6.54 Å². The van der Waals surface area contributed by atoms with Crippen molar-refractivity contribution in [3.8, 4) is 0 Å². The van der Waals surface area contributed by atoms with Gasteiger partial charge in [-0.1, -0.05) is 47.5 Å². The van der Waals surface area contributed by atoms with Crippen LogP contribution >= 0.6 is 23.2 Å². The molecule has 3 nitrogen and oxygen atoms in total. The molecule has 1 unspecified atom stereocenters. The lowest BCUT2D eigenvalue weighted by molar-refractivity contribution is -0.124. The zero-order valence-electron chi connectivity index (χ0n) is 11.9. The number of carbonyl (C=O) groups is 1. The summed E-state index contributed by atoms with van der Waals surface area (Å²) in [6, 6.07) is 13.7. The molecule has 1 heterocycles. The van der Waals surface area contributed by atoms with E-state index in [1.165, 1.54) is 0 Å². The number of carbonyl (C=O) groups excluding carboxylic acids is 1. The van der Waals surface area contributed by atoms with E-state index in [9.17, 15) is 4.79 Å². The molecule has 0 fully saturated rings. The molecule has 1 aliphatic rings. The third-order valence-electron chi connectivity index (χ3n) is 3.97. The molecule has 3 rings (SSSR count). The molecule has 0 spiro atoms. The van der Waals surface area contributed by atoms with Gasteiger partial charge in [0.1, 0.15) is 6.04 Å². The minimum Gasteiger partial charge on any atom is -0.368 e. The minimum absolute atomic E-state index is 0.350. The molecule has 2 aromatic carbocycles. The molecular formula is C17H15Cl2N2O. The van der Waals surface area contributed by atoms with Crippen molar-refractivity contribution < 1.29 is 4.79 Å². The minimum atomic E-state index is -0.440. The highest BCUT2D eigenvalue weighted by atomic mass is 35.5. The Hall–Kier alpha value is -1.55. The van der Waals surface area contributed by atoms with E-state index in [1.807, 2.05) is 24.3 Å². The summed E-state index contributed by atoms with van der Waals surface area (Å²) < 4.78 is 0. The van der Waals surface area contributed by atoms with Gasteiger partial charge in [-0.3, -0.25) is 9.69 Å². The third kappa shape index (κ3) is 2.98. The summed E-state index contributed by atoms with van der Waals surface area (Å²) in [6.07, 6.45) is 0.863. The Balaban J connectivity index is 1.92. The van der Waals surface area contributed by atoms with E-state index in [0.29, 0.717) is 16.6 Å². The lowest BCUT2D eigenvalue weighted by Crippen LogP contribution is -2.42. The van der Waals surface area contributed by atoms with Crippen molar-refractivity contribution in [3.05, 3.63) is 69.2 Å². The largest absolute Gasteiger partial charge is 0.368 e. The van der Waals surface area contributed by atoms with Crippen LogP contribution in [0.15, 0.2) is 36.4 Å². The first-order chi connectivity index (χ1) is 10.6. The van der Waals surface area contributed by atoms with Crippen molar-refractivity contribution in [3.63, 3.8) is 0 Å². The fourth-order valence-electron chi connectivity index (χ4n) is 2.92. The molecule has 0 aromatic heterocycles. The maximum absolute atomic E-state index is 12.0. The number of rotatable bonds is 3.